The van der Waals surface area contributed by atoms with Gasteiger partial charge in [-0.25, -0.2) is 9.78 Å². The van der Waals surface area contributed by atoms with E-state index in [4.69, 9.17) is 5.11 Å². The van der Waals surface area contributed by atoms with Gasteiger partial charge in [-0.05, 0) is 6.07 Å². The summed E-state index contributed by atoms with van der Waals surface area (Å²) in [5, 5.41) is 12.1. The van der Waals surface area contributed by atoms with Crippen molar-refractivity contribution < 1.29 is 23.1 Å². The number of carbonyl (C=O) groups is 1. The number of hydrogen-bond acceptors (Lipinski definition) is 4. The lowest BCUT2D eigenvalue weighted by Gasteiger charge is -2.29. The minimum atomic E-state index is -4.60. The largest absolute Gasteiger partial charge is 0.478 e. The van der Waals surface area contributed by atoms with Gasteiger partial charge in [0.2, 0.25) is 0 Å². The third kappa shape index (κ3) is 2.95. The Hall–Kier alpha value is -1.83. The van der Waals surface area contributed by atoms with Gasteiger partial charge in [-0.2, -0.15) is 13.2 Å². The van der Waals surface area contributed by atoms with Crippen molar-refractivity contribution in [3.63, 3.8) is 0 Å². The molecule has 1 fully saturated rings. The highest BCUT2D eigenvalue weighted by atomic mass is 19.4. The molecule has 8 heteroatoms. The van der Waals surface area contributed by atoms with Crippen molar-refractivity contribution in [1.29, 1.82) is 0 Å². The van der Waals surface area contributed by atoms with Crippen molar-refractivity contribution in [2.45, 2.75) is 6.18 Å². The minimum Gasteiger partial charge on any atom is -0.478 e. The molecule has 1 aliphatic heterocycles. The van der Waals surface area contributed by atoms with Crippen LogP contribution in [0, 0.1) is 0 Å². The highest BCUT2D eigenvalue weighted by Crippen LogP contribution is 2.31. The normalized spacial score (nSPS) is 16.5. The van der Waals surface area contributed by atoms with Crippen LogP contribution in [0.2, 0.25) is 0 Å². The zero-order valence-electron chi connectivity index (χ0n) is 9.87. The number of anilines is 1. The lowest BCUT2D eigenvalue weighted by Crippen LogP contribution is -2.44. The Morgan fingerprint density at radius 1 is 1.37 bits per heavy atom. The molecule has 104 valence electrons. The van der Waals surface area contributed by atoms with E-state index in [1.165, 1.54) is 0 Å². The average molecular weight is 275 g/mol. The molecule has 2 rings (SSSR count). The van der Waals surface area contributed by atoms with Crippen LogP contribution in [0.3, 0.4) is 0 Å². The van der Waals surface area contributed by atoms with Crippen molar-refractivity contribution >= 4 is 11.8 Å². The fourth-order valence-electron chi connectivity index (χ4n) is 1.90. The predicted molar refractivity (Wildman–Crippen MR) is 61.3 cm³/mol. The molecular weight excluding hydrogens is 263 g/mol. The number of hydrogen-bond donors (Lipinski definition) is 2. The fraction of sp³-hybridized carbons (Fsp3) is 0.455. The molecule has 2 heterocycles. The number of aromatic nitrogens is 1. The number of rotatable bonds is 2. The number of nitrogens with zero attached hydrogens (tertiary/aromatic N) is 2. The molecule has 0 unspecified atom stereocenters. The van der Waals surface area contributed by atoms with Gasteiger partial charge in [0.15, 0.2) is 0 Å². The molecule has 0 spiro atoms. The highest BCUT2D eigenvalue weighted by molar-refractivity contribution is 5.93. The number of alkyl halides is 3. The average Bonchev–Trinajstić information content (AvgIpc) is 2.38. The van der Waals surface area contributed by atoms with Crippen LogP contribution in [0.5, 0.6) is 0 Å². The number of carboxylic acid groups (broad SMARTS) is 1. The van der Waals surface area contributed by atoms with Gasteiger partial charge in [0, 0.05) is 32.4 Å². The first-order valence-corrected chi connectivity index (χ1v) is 5.66. The Kier molecular flexibility index (Phi) is 3.61. The lowest BCUT2D eigenvalue weighted by atomic mass is 10.1. The summed E-state index contributed by atoms with van der Waals surface area (Å²) in [6.45, 7) is 2.31. The summed E-state index contributed by atoms with van der Waals surface area (Å²) in [7, 11) is 0. The molecule has 0 aliphatic carbocycles. The summed E-state index contributed by atoms with van der Waals surface area (Å²) in [5.41, 5.74) is -1.47. The fourth-order valence-corrected chi connectivity index (χ4v) is 1.90. The molecule has 0 amide bonds. The van der Waals surface area contributed by atoms with Gasteiger partial charge in [-0.3, -0.25) is 0 Å². The molecule has 0 aromatic carbocycles. The van der Waals surface area contributed by atoms with Crippen molar-refractivity contribution in [3.8, 4) is 0 Å². The van der Waals surface area contributed by atoms with Crippen molar-refractivity contribution in [1.82, 2.24) is 10.3 Å². The third-order valence-corrected chi connectivity index (χ3v) is 2.84. The van der Waals surface area contributed by atoms with Crippen LogP contribution in [0.1, 0.15) is 15.9 Å². The van der Waals surface area contributed by atoms with Crippen LogP contribution in [0.15, 0.2) is 12.3 Å². The van der Waals surface area contributed by atoms with Gasteiger partial charge in [0.1, 0.15) is 11.4 Å². The quantitative estimate of drug-likeness (QED) is 0.849. The molecular formula is C11H12F3N3O2. The summed E-state index contributed by atoms with van der Waals surface area (Å²) >= 11 is 0. The van der Waals surface area contributed by atoms with E-state index >= 15 is 0 Å². The Morgan fingerprint density at radius 3 is 2.53 bits per heavy atom. The molecule has 0 radical (unpaired) electrons. The second-order valence-corrected chi connectivity index (χ2v) is 4.14. The van der Waals surface area contributed by atoms with Gasteiger partial charge in [0.25, 0.3) is 0 Å². The van der Waals surface area contributed by atoms with Crippen molar-refractivity contribution in [3.05, 3.63) is 23.4 Å². The van der Waals surface area contributed by atoms with Gasteiger partial charge < -0.3 is 15.3 Å². The smallest absolute Gasteiger partial charge is 0.417 e. The number of piperazine rings is 1. The molecule has 5 nitrogen and oxygen atoms in total. The molecule has 2 N–H and O–H groups in total. The number of pyridine rings is 1. The lowest BCUT2D eigenvalue weighted by molar-refractivity contribution is -0.137. The second-order valence-electron chi connectivity index (χ2n) is 4.14. The molecule has 0 saturated carbocycles. The van der Waals surface area contributed by atoms with Gasteiger partial charge >= 0.3 is 12.1 Å². The first-order valence-electron chi connectivity index (χ1n) is 5.66. The van der Waals surface area contributed by atoms with E-state index in [1.807, 2.05) is 0 Å². The van der Waals surface area contributed by atoms with E-state index in [1.54, 1.807) is 4.90 Å². The number of halogens is 3. The van der Waals surface area contributed by atoms with Crippen molar-refractivity contribution in [2.75, 3.05) is 31.1 Å². The molecule has 1 aliphatic rings. The highest BCUT2D eigenvalue weighted by Gasteiger charge is 2.33. The molecule has 19 heavy (non-hydrogen) atoms. The molecule has 1 aromatic rings. The third-order valence-electron chi connectivity index (χ3n) is 2.84. The summed E-state index contributed by atoms with van der Waals surface area (Å²) in [5.74, 6) is -1.32. The number of carboxylic acids is 1. The van der Waals surface area contributed by atoms with Crippen molar-refractivity contribution in [2.24, 2.45) is 0 Å². The maximum Gasteiger partial charge on any atom is 0.417 e. The van der Waals surface area contributed by atoms with E-state index in [0.717, 1.165) is 0 Å². The number of aromatic carboxylic acids is 1. The standard InChI is InChI=1S/C11H12F3N3O2/c12-11(13,14)7-5-8(10(18)19)9(16-6-7)17-3-1-15-2-4-17/h5-6,15H,1-4H2,(H,18,19). The Bertz CT molecular complexity index is 485. The topological polar surface area (TPSA) is 65.5 Å². The molecule has 0 atom stereocenters. The summed E-state index contributed by atoms with van der Waals surface area (Å²) in [4.78, 5) is 16.4. The number of nitrogens with one attached hydrogen (secondary N) is 1. The Morgan fingerprint density at radius 2 is 2.00 bits per heavy atom. The first-order chi connectivity index (χ1) is 8.89. The van der Waals surface area contributed by atoms with E-state index < -0.39 is 23.3 Å². The van der Waals surface area contributed by atoms with E-state index in [2.05, 4.69) is 10.3 Å². The van der Waals surface area contributed by atoms with Crippen LogP contribution in [-0.4, -0.2) is 42.2 Å². The van der Waals surface area contributed by atoms with Crippen LogP contribution < -0.4 is 10.2 Å². The Labute approximate surface area is 107 Å². The first kappa shape index (κ1) is 13.6. The van der Waals surface area contributed by atoms with Crippen LogP contribution in [0.25, 0.3) is 0 Å². The maximum atomic E-state index is 12.5. The van der Waals surface area contributed by atoms with Gasteiger partial charge in [-0.1, -0.05) is 0 Å². The summed E-state index contributed by atoms with van der Waals surface area (Å²) < 4.78 is 37.6. The van der Waals surface area contributed by atoms with E-state index in [9.17, 15) is 18.0 Å². The van der Waals surface area contributed by atoms with Crippen LogP contribution in [-0.2, 0) is 6.18 Å². The zero-order chi connectivity index (χ0) is 14.0. The van der Waals surface area contributed by atoms with Gasteiger partial charge in [0.05, 0.1) is 5.56 Å². The minimum absolute atomic E-state index is 0.0852. The summed E-state index contributed by atoms with van der Waals surface area (Å²) in [6.07, 6.45) is -3.93. The SMILES string of the molecule is O=C(O)c1cc(C(F)(F)F)cnc1N1CCNCC1. The molecule has 0 bridgehead atoms. The Balaban J connectivity index is 2.40. The zero-order valence-corrected chi connectivity index (χ0v) is 9.87. The monoisotopic (exact) mass is 275 g/mol. The predicted octanol–water partition coefficient (Wildman–Crippen LogP) is 1.21. The van der Waals surface area contributed by atoms with Gasteiger partial charge in [-0.15, -0.1) is 0 Å². The van der Waals surface area contributed by atoms with E-state index in [-0.39, 0.29) is 5.82 Å². The molecule has 1 aromatic heterocycles. The van der Waals surface area contributed by atoms with Crippen LogP contribution in [0.4, 0.5) is 19.0 Å². The maximum absolute atomic E-state index is 12.5. The molecule has 1 saturated heterocycles. The second kappa shape index (κ2) is 5.04. The summed E-state index contributed by atoms with van der Waals surface area (Å²) in [6, 6.07) is 0.632. The van der Waals surface area contributed by atoms with Crippen LogP contribution >= 0.6 is 0 Å². The van der Waals surface area contributed by atoms with E-state index in [0.29, 0.717) is 38.4 Å².